The Kier molecular flexibility index (Phi) is 3.05. The normalized spacial score (nSPS) is 20.7. The summed E-state index contributed by atoms with van der Waals surface area (Å²) in [6, 6.07) is 15.1. The third kappa shape index (κ3) is 2.02. The van der Waals surface area contributed by atoms with Crippen LogP contribution in [0.25, 0.3) is 0 Å². The van der Waals surface area contributed by atoms with Crippen molar-refractivity contribution in [2.75, 3.05) is 6.61 Å². The minimum Gasteiger partial charge on any atom is -0.485 e. The first-order chi connectivity index (χ1) is 9.33. The number of ether oxygens (including phenoxy) is 1. The number of aliphatic hydroxyl groups is 1. The van der Waals surface area contributed by atoms with E-state index in [-0.39, 0.29) is 18.6 Å². The summed E-state index contributed by atoms with van der Waals surface area (Å²) in [6.07, 6.45) is 0.625. The SMILES string of the molecule is O=Cc1ccc(C2Oc3ccccc3C2CO)cc1. The molecule has 0 saturated carbocycles. The van der Waals surface area contributed by atoms with Crippen LogP contribution in [0, 0.1) is 0 Å². The number of rotatable bonds is 3. The van der Waals surface area contributed by atoms with Crippen LogP contribution in [0.4, 0.5) is 0 Å². The standard InChI is InChI=1S/C16H14O3/c17-9-11-5-7-12(8-6-11)16-14(10-18)13-3-1-2-4-15(13)19-16/h1-9,14,16,18H,10H2. The minimum atomic E-state index is -0.192. The van der Waals surface area contributed by atoms with Gasteiger partial charge in [0.25, 0.3) is 0 Å². The van der Waals surface area contributed by atoms with E-state index < -0.39 is 0 Å². The van der Waals surface area contributed by atoms with Gasteiger partial charge >= 0.3 is 0 Å². The minimum absolute atomic E-state index is 0.0388. The molecule has 0 bridgehead atoms. The van der Waals surface area contributed by atoms with Crippen LogP contribution < -0.4 is 4.74 Å². The van der Waals surface area contributed by atoms with Gasteiger partial charge in [0.15, 0.2) is 0 Å². The molecule has 96 valence electrons. The highest BCUT2D eigenvalue weighted by Crippen LogP contribution is 2.45. The number of hydrogen-bond donors (Lipinski definition) is 1. The molecule has 2 unspecified atom stereocenters. The first-order valence-electron chi connectivity index (χ1n) is 6.25. The van der Waals surface area contributed by atoms with Gasteiger partial charge in [0.05, 0.1) is 12.5 Å². The van der Waals surface area contributed by atoms with E-state index in [0.717, 1.165) is 23.2 Å². The quantitative estimate of drug-likeness (QED) is 0.857. The molecule has 0 amide bonds. The third-order valence-electron chi connectivity index (χ3n) is 3.54. The van der Waals surface area contributed by atoms with Gasteiger partial charge in [0, 0.05) is 11.1 Å². The van der Waals surface area contributed by atoms with E-state index in [2.05, 4.69) is 0 Å². The Morgan fingerprint density at radius 3 is 2.53 bits per heavy atom. The van der Waals surface area contributed by atoms with Gasteiger partial charge in [-0.3, -0.25) is 4.79 Å². The van der Waals surface area contributed by atoms with Crippen LogP contribution in [0.3, 0.4) is 0 Å². The highest BCUT2D eigenvalue weighted by Gasteiger charge is 2.34. The van der Waals surface area contributed by atoms with Gasteiger partial charge in [-0.2, -0.15) is 0 Å². The molecule has 1 heterocycles. The lowest BCUT2D eigenvalue weighted by Gasteiger charge is -2.17. The van der Waals surface area contributed by atoms with E-state index in [1.165, 1.54) is 0 Å². The van der Waals surface area contributed by atoms with Gasteiger partial charge in [-0.05, 0) is 11.6 Å². The van der Waals surface area contributed by atoms with Crippen molar-refractivity contribution in [3.05, 3.63) is 65.2 Å². The van der Waals surface area contributed by atoms with Gasteiger partial charge in [-0.15, -0.1) is 0 Å². The average molecular weight is 254 g/mol. The number of aliphatic hydroxyl groups excluding tert-OH is 1. The summed E-state index contributed by atoms with van der Waals surface area (Å²) in [5.41, 5.74) is 2.65. The highest BCUT2D eigenvalue weighted by molar-refractivity contribution is 5.74. The molecule has 0 radical (unpaired) electrons. The van der Waals surface area contributed by atoms with Crippen molar-refractivity contribution in [2.45, 2.75) is 12.0 Å². The third-order valence-corrected chi connectivity index (χ3v) is 3.54. The zero-order valence-corrected chi connectivity index (χ0v) is 10.3. The number of carbonyl (C=O) groups is 1. The molecule has 0 aromatic heterocycles. The summed E-state index contributed by atoms with van der Waals surface area (Å²) in [7, 11) is 0. The van der Waals surface area contributed by atoms with E-state index in [1.807, 2.05) is 36.4 Å². The van der Waals surface area contributed by atoms with Crippen LogP contribution in [0.1, 0.15) is 33.5 Å². The lowest BCUT2D eigenvalue weighted by molar-refractivity contribution is 0.112. The Bertz CT molecular complexity index is 589. The molecular weight excluding hydrogens is 240 g/mol. The fourth-order valence-corrected chi connectivity index (χ4v) is 2.53. The molecule has 2 aromatic rings. The number of hydrogen-bond acceptors (Lipinski definition) is 3. The van der Waals surface area contributed by atoms with Crippen LogP contribution in [0.15, 0.2) is 48.5 Å². The number of aldehydes is 1. The summed E-state index contributed by atoms with van der Waals surface area (Å²) in [4.78, 5) is 10.7. The Morgan fingerprint density at radius 2 is 1.84 bits per heavy atom. The fourth-order valence-electron chi connectivity index (χ4n) is 2.53. The molecule has 3 heteroatoms. The molecule has 0 saturated heterocycles. The molecule has 1 aliphatic rings. The largest absolute Gasteiger partial charge is 0.485 e. The molecule has 2 aromatic carbocycles. The lowest BCUT2D eigenvalue weighted by atomic mass is 9.91. The van der Waals surface area contributed by atoms with Crippen molar-refractivity contribution in [3.63, 3.8) is 0 Å². The Hall–Kier alpha value is -2.13. The summed E-state index contributed by atoms with van der Waals surface area (Å²) < 4.78 is 5.92. The Balaban J connectivity index is 1.95. The highest BCUT2D eigenvalue weighted by atomic mass is 16.5. The van der Waals surface area contributed by atoms with Crippen LogP contribution in [0.5, 0.6) is 5.75 Å². The van der Waals surface area contributed by atoms with Crippen LogP contribution >= 0.6 is 0 Å². The molecule has 1 N–H and O–H groups in total. The van der Waals surface area contributed by atoms with E-state index in [1.54, 1.807) is 12.1 Å². The molecule has 19 heavy (non-hydrogen) atoms. The zero-order valence-electron chi connectivity index (χ0n) is 10.3. The zero-order chi connectivity index (χ0) is 13.2. The van der Waals surface area contributed by atoms with E-state index >= 15 is 0 Å². The first kappa shape index (κ1) is 11.9. The van der Waals surface area contributed by atoms with Crippen LogP contribution in [-0.4, -0.2) is 18.0 Å². The number of benzene rings is 2. The lowest BCUT2D eigenvalue weighted by Crippen LogP contribution is -2.13. The number of para-hydroxylation sites is 1. The van der Waals surface area contributed by atoms with Crippen molar-refractivity contribution in [3.8, 4) is 5.75 Å². The van der Waals surface area contributed by atoms with Crippen molar-refractivity contribution in [2.24, 2.45) is 0 Å². The summed E-state index contributed by atoms with van der Waals surface area (Å²) in [6.45, 7) is 0.0388. The van der Waals surface area contributed by atoms with Gasteiger partial charge in [0.1, 0.15) is 18.1 Å². The molecule has 0 fully saturated rings. The molecule has 3 rings (SSSR count). The molecule has 2 atom stereocenters. The van der Waals surface area contributed by atoms with Crippen molar-refractivity contribution in [1.29, 1.82) is 0 Å². The summed E-state index contributed by atoms with van der Waals surface area (Å²) >= 11 is 0. The average Bonchev–Trinajstić information content (AvgIpc) is 2.85. The van der Waals surface area contributed by atoms with Gasteiger partial charge in [-0.1, -0.05) is 42.5 Å². The monoisotopic (exact) mass is 254 g/mol. The van der Waals surface area contributed by atoms with Crippen molar-refractivity contribution in [1.82, 2.24) is 0 Å². The maximum Gasteiger partial charge on any atom is 0.150 e. The topological polar surface area (TPSA) is 46.5 Å². The predicted molar refractivity (Wildman–Crippen MR) is 71.5 cm³/mol. The van der Waals surface area contributed by atoms with Crippen molar-refractivity contribution < 1.29 is 14.6 Å². The van der Waals surface area contributed by atoms with E-state index in [9.17, 15) is 9.90 Å². The maximum absolute atomic E-state index is 10.7. The Morgan fingerprint density at radius 1 is 1.11 bits per heavy atom. The smallest absolute Gasteiger partial charge is 0.150 e. The van der Waals surface area contributed by atoms with Crippen molar-refractivity contribution >= 4 is 6.29 Å². The molecule has 1 aliphatic heterocycles. The van der Waals surface area contributed by atoms with E-state index in [4.69, 9.17) is 4.74 Å². The van der Waals surface area contributed by atoms with Gasteiger partial charge < -0.3 is 9.84 Å². The molecular formula is C16H14O3. The second kappa shape index (κ2) is 4.86. The van der Waals surface area contributed by atoms with Crippen LogP contribution in [-0.2, 0) is 0 Å². The second-order valence-electron chi connectivity index (χ2n) is 4.65. The summed E-state index contributed by atoms with van der Waals surface area (Å²) in [5, 5.41) is 9.61. The summed E-state index contributed by atoms with van der Waals surface area (Å²) in [5.74, 6) is 0.768. The fraction of sp³-hybridized carbons (Fsp3) is 0.188. The first-order valence-corrected chi connectivity index (χ1v) is 6.25. The predicted octanol–water partition coefficient (Wildman–Crippen LogP) is 2.71. The number of carbonyl (C=O) groups excluding carboxylic acids is 1. The molecule has 0 aliphatic carbocycles. The maximum atomic E-state index is 10.7. The molecule has 0 spiro atoms. The van der Waals surface area contributed by atoms with Gasteiger partial charge in [0.2, 0.25) is 0 Å². The van der Waals surface area contributed by atoms with Crippen LogP contribution in [0.2, 0.25) is 0 Å². The molecule has 3 nitrogen and oxygen atoms in total. The van der Waals surface area contributed by atoms with Gasteiger partial charge in [-0.25, -0.2) is 0 Å². The second-order valence-corrected chi connectivity index (χ2v) is 4.65. The van der Waals surface area contributed by atoms with E-state index in [0.29, 0.717) is 5.56 Å². The Labute approximate surface area is 111 Å². The number of fused-ring (bicyclic) bond motifs is 1.